The third kappa shape index (κ3) is 3.52. The molecule has 1 aromatic carbocycles. The first-order valence-corrected chi connectivity index (χ1v) is 6.94. The molecule has 0 saturated heterocycles. The minimum Gasteiger partial charge on any atom is -0.497 e. The van der Waals surface area contributed by atoms with Gasteiger partial charge in [0.1, 0.15) is 12.3 Å². The van der Waals surface area contributed by atoms with Crippen LogP contribution in [0.5, 0.6) is 5.75 Å². The molecule has 0 aliphatic heterocycles. The molecule has 1 aromatic heterocycles. The van der Waals surface area contributed by atoms with E-state index in [1.807, 2.05) is 0 Å². The summed E-state index contributed by atoms with van der Waals surface area (Å²) in [6, 6.07) is 8.85. The lowest BCUT2D eigenvalue weighted by atomic mass is 10.1. The summed E-state index contributed by atoms with van der Waals surface area (Å²) in [6.45, 7) is 3.56. The van der Waals surface area contributed by atoms with Crippen molar-refractivity contribution in [3.63, 3.8) is 0 Å². The summed E-state index contributed by atoms with van der Waals surface area (Å²) in [5.41, 5.74) is 1.55. The summed E-state index contributed by atoms with van der Waals surface area (Å²) < 4.78 is 11.1. The Morgan fingerprint density at radius 2 is 1.95 bits per heavy atom. The van der Waals surface area contributed by atoms with Crippen molar-refractivity contribution in [1.29, 1.82) is 0 Å². The zero-order chi connectivity index (χ0) is 16.1. The fraction of sp³-hybridized carbons (Fsp3) is 0.312. The molecule has 0 amide bonds. The zero-order valence-electron chi connectivity index (χ0n) is 12.8. The van der Waals surface area contributed by atoms with Crippen LogP contribution in [0.1, 0.15) is 12.6 Å². The van der Waals surface area contributed by atoms with Crippen molar-refractivity contribution in [2.75, 3.05) is 13.7 Å². The molecule has 0 bridgehead atoms. The van der Waals surface area contributed by atoms with Gasteiger partial charge in [-0.3, -0.25) is 9.59 Å². The Bertz CT molecular complexity index is 720. The highest BCUT2D eigenvalue weighted by Gasteiger charge is 2.12. The van der Waals surface area contributed by atoms with Crippen LogP contribution in [-0.4, -0.2) is 29.5 Å². The second-order valence-corrected chi connectivity index (χ2v) is 4.70. The van der Waals surface area contributed by atoms with Gasteiger partial charge < -0.3 is 9.47 Å². The van der Waals surface area contributed by atoms with Crippen LogP contribution < -0.4 is 10.3 Å². The first-order valence-electron chi connectivity index (χ1n) is 6.94. The van der Waals surface area contributed by atoms with E-state index in [2.05, 4.69) is 5.10 Å². The van der Waals surface area contributed by atoms with E-state index in [-0.39, 0.29) is 18.7 Å². The van der Waals surface area contributed by atoms with E-state index in [0.717, 1.165) is 10.2 Å². The van der Waals surface area contributed by atoms with Gasteiger partial charge in [-0.05, 0) is 37.6 Å². The van der Waals surface area contributed by atoms with Crippen molar-refractivity contribution in [1.82, 2.24) is 9.78 Å². The second kappa shape index (κ2) is 6.89. The smallest absolute Gasteiger partial charge is 0.327 e. The van der Waals surface area contributed by atoms with E-state index in [1.165, 1.54) is 0 Å². The highest BCUT2D eigenvalue weighted by molar-refractivity contribution is 5.69. The molecular weight excluding hydrogens is 284 g/mol. The molecule has 0 atom stereocenters. The topological polar surface area (TPSA) is 70.4 Å². The molecule has 0 fully saturated rings. The molecule has 2 rings (SSSR count). The van der Waals surface area contributed by atoms with Gasteiger partial charge in [-0.15, -0.1) is 0 Å². The van der Waals surface area contributed by atoms with Gasteiger partial charge in [0, 0.05) is 0 Å². The fourth-order valence-electron chi connectivity index (χ4n) is 2.09. The predicted octanol–water partition coefficient (Wildman–Crippen LogP) is 1.79. The Hall–Kier alpha value is -2.63. The number of methoxy groups -OCH3 is 1. The van der Waals surface area contributed by atoms with Gasteiger partial charge in [0.05, 0.1) is 25.0 Å². The maximum atomic E-state index is 12.5. The number of nitrogens with zero attached hydrogens (tertiary/aromatic N) is 2. The van der Waals surface area contributed by atoms with E-state index in [9.17, 15) is 9.59 Å². The molecule has 6 nitrogen and oxygen atoms in total. The number of aryl methyl sites for hydroxylation is 1. The van der Waals surface area contributed by atoms with Crippen LogP contribution in [-0.2, 0) is 16.1 Å². The fourth-order valence-corrected chi connectivity index (χ4v) is 2.09. The quantitative estimate of drug-likeness (QED) is 0.788. The van der Waals surface area contributed by atoms with Crippen molar-refractivity contribution in [2.45, 2.75) is 20.4 Å². The molecule has 6 heteroatoms. The van der Waals surface area contributed by atoms with Crippen LogP contribution in [0, 0.1) is 6.92 Å². The Balaban J connectivity index is 2.41. The molecule has 0 radical (unpaired) electrons. The number of carbonyl (C=O) groups excluding carboxylic acids is 1. The summed E-state index contributed by atoms with van der Waals surface area (Å²) in [5, 5.41) is 4.09. The molecule has 0 aliphatic carbocycles. The number of esters is 1. The average molecular weight is 302 g/mol. The predicted molar refractivity (Wildman–Crippen MR) is 81.9 cm³/mol. The summed E-state index contributed by atoms with van der Waals surface area (Å²) in [6.07, 6.45) is 0. The molecule has 116 valence electrons. The number of ether oxygens (including phenoxy) is 2. The lowest BCUT2D eigenvalue weighted by molar-refractivity contribution is -0.144. The SMILES string of the molecule is CCOC(=O)Cn1nc(C)cc(-c2ccc(OC)cc2)c1=O. The average Bonchev–Trinajstić information content (AvgIpc) is 2.51. The zero-order valence-corrected chi connectivity index (χ0v) is 12.8. The number of carbonyl (C=O) groups is 1. The minimum atomic E-state index is -0.483. The number of aromatic nitrogens is 2. The van der Waals surface area contributed by atoms with Gasteiger partial charge >= 0.3 is 5.97 Å². The number of hydrogen-bond donors (Lipinski definition) is 0. The van der Waals surface area contributed by atoms with Gasteiger partial charge in [-0.25, -0.2) is 4.68 Å². The van der Waals surface area contributed by atoms with Crippen molar-refractivity contribution < 1.29 is 14.3 Å². The van der Waals surface area contributed by atoms with Gasteiger partial charge in [0.15, 0.2) is 0 Å². The van der Waals surface area contributed by atoms with Crippen LogP contribution in [0.3, 0.4) is 0 Å². The summed E-state index contributed by atoms with van der Waals surface area (Å²) in [5.74, 6) is 0.227. The largest absolute Gasteiger partial charge is 0.497 e. The van der Waals surface area contributed by atoms with Crippen molar-refractivity contribution in [3.8, 4) is 16.9 Å². The van der Waals surface area contributed by atoms with Crippen LogP contribution in [0.15, 0.2) is 35.1 Å². The maximum absolute atomic E-state index is 12.5. The van der Waals surface area contributed by atoms with Gasteiger partial charge in [0.2, 0.25) is 0 Å². The van der Waals surface area contributed by atoms with E-state index in [0.29, 0.717) is 17.0 Å². The van der Waals surface area contributed by atoms with Gasteiger partial charge in [0.25, 0.3) is 5.56 Å². The summed E-state index contributed by atoms with van der Waals surface area (Å²) in [7, 11) is 1.58. The van der Waals surface area contributed by atoms with Gasteiger partial charge in [-0.1, -0.05) is 12.1 Å². The van der Waals surface area contributed by atoms with Gasteiger partial charge in [-0.2, -0.15) is 5.10 Å². The molecule has 1 heterocycles. The van der Waals surface area contributed by atoms with Crippen LogP contribution in [0.25, 0.3) is 11.1 Å². The molecule has 0 saturated carbocycles. The van der Waals surface area contributed by atoms with E-state index in [4.69, 9.17) is 9.47 Å². The highest BCUT2D eigenvalue weighted by atomic mass is 16.5. The van der Waals surface area contributed by atoms with Crippen molar-refractivity contribution >= 4 is 5.97 Å². The lowest BCUT2D eigenvalue weighted by Gasteiger charge is -2.09. The summed E-state index contributed by atoms with van der Waals surface area (Å²) in [4.78, 5) is 24.0. The Labute approximate surface area is 128 Å². The molecular formula is C16H18N2O4. The second-order valence-electron chi connectivity index (χ2n) is 4.70. The van der Waals surface area contributed by atoms with E-state index >= 15 is 0 Å². The van der Waals surface area contributed by atoms with E-state index in [1.54, 1.807) is 51.3 Å². The third-order valence-corrected chi connectivity index (χ3v) is 3.08. The minimum absolute atomic E-state index is 0.197. The molecule has 0 spiro atoms. The first-order chi connectivity index (χ1) is 10.5. The monoisotopic (exact) mass is 302 g/mol. The molecule has 0 N–H and O–H groups in total. The first kappa shape index (κ1) is 15.8. The van der Waals surface area contributed by atoms with Crippen LogP contribution in [0.4, 0.5) is 0 Å². The van der Waals surface area contributed by atoms with E-state index < -0.39 is 5.97 Å². The molecule has 22 heavy (non-hydrogen) atoms. The number of hydrogen-bond acceptors (Lipinski definition) is 5. The van der Waals surface area contributed by atoms with Crippen LogP contribution >= 0.6 is 0 Å². The normalized spacial score (nSPS) is 10.3. The lowest BCUT2D eigenvalue weighted by Crippen LogP contribution is -2.29. The van der Waals surface area contributed by atoms with Crippen molar-refractivity contribution in [3.05, 3.63) is 46.4 Å². The van der Waals surface area contributed by atoms with Crippen molar-refractivity contribution in [2.24, 2.45) is 0 Å². The number of rotatable bonds is 5. The maximum Gasteiger partial charge on any atom is 0.327 e. The Morgan fingerprint density at radius 1 is 1.27 bits per heavy atom. The summed E-state index contributed by atoms with van der Waals surface area (Å²) >= 11 is 0. The van der Waals surface area contributed by atoms with Crippen LogP contribution in [0.2, 0.25) is 0 Å². The standard InChI is InChI=1S/C16H18N2O4/c1-4-22-15(19)10-18-16(20)14(9-11(2)17-18)12-5-7-13(21-3)8-6-12/h5-9H,4,10H2,1-3H3. The molecule has 2 aromatic rings. The Morgan fingerprint density at radius 3 is 2.55 bits per heavy atom. The third-order valence-electron chi connectivity index (χ3n) is 3.08. The number of benzene rings is 1. The molecule has 0 aliphatic rings. The highest BCUT2D eigenvalue weighted by Crippen LogP contribution is 2.19. The Kier molecular flexibility index (Phi) is 4.93. The molecule has 0 unspecified atom stereocenters.